The lowest BCUT2D eigenvalue weighted by molar-refractivity contribution is 0.646. The fourth-order valence-corrected chi connectivity index (χ4v) is 4.09. The number of fused-ring (bicyclic) bond motifs is 1. The van der Waals surface area contributed by atoms with Crippen LogP contribution in [0.5, 0.6) is 0 Å². The van der Waals surface area contributed by atoms with Crippen LogP contribution in [-0.4, -0.2) is 36.1 Å². The summed E-state index contributed by atoms with van der Waals surface area (Å²) >= 11 is 0. The van der Waals surface area contributed by atoms with Gasteiger partial charge in [0.1, 0.15) is 11.6 Å². The van der Waals surface area contributed by atoms with Crippen LogP contribution in [0.1, 0.15) is 35.7 Å². The molecule has 3 aromatic rings. The Morgan fingerprint density at radius 3 is 2.33 bits per heavy atom. The second-order valence-corrected chi connectivity index (χ2v) is 7.96. The van der Waals surface area contributed by atoms with Crippen molar-refractivity contribution in [1.29, 1.82) is 0 Å². The molecule has 2 fully saturated rings. The number of hydrogen-bond acceptors (Lipinski definition) is 4. The maximum absolute atomic E-state index is 5.04. The van der Waals surface area contributed by atoms with E-state index in [4.69, 9.17) is 9.97 Å². The van der Waals surface area contributed by atoms with Gasteiger partial charge in [0, 0.05) is 43.2 Å². The van der Waals surface area contributed by atoms with Crippen LogP contribution in [-0.2, 0) is 0 Å². The molecule has 0 bridgehead atoms. The lowest BCUT2D eigenvalue weighted by Crippen LogP contribution is -2.47. The zero-order valence-electron chi connectivity index (χ0n) is 16.2. The van der Waals surface area contributed by atoms with E-state index in [0.29, 0.717) is 5.92 Å². The molecule has 2 heterocycles. The van der Waals surface area contributed by atoms with Gasteiger partial charge in [-0.1, -0.05) is 29.8 Å². The Morgan fingerprint density at radius 2 is 1.59 bits per heavy atom. The maximum atomic E-state index is 5.04. The standard InChI is InChI=1S/C23H26N4/c1-16-7-10-20-19(15-16)23(25-22(24-20)18-8-9-18)27-13-11-26(12-14-27)21-6-4-3-5-17(21)2/h3-7,10,15,18H,8-9,11-14H2,1-2H3. The van der Waals surface area contributed by atoms with Gasteiger partial charge in [-0.15, -0.1) is 0 Å². The van der Waals surface area contributed by atoms with Gasteiger partial charge in [-0.2, -0.15) is 0 Å². The normalized spacial score (nSPS) is 17.6. The third kappa shape index (κ3) is 3.14. The van der Waals surface area contributed by atoms with Crippen molar-refractivity contribution in [2.45, 2.75) is 32.6 Å². The van der Waals surface area contributed by atoms with Crippen LogP contribution >= 0.6 is 0 Å². The first kappa shape index (κ1) is 16.5. The number of anilines is 2. The minimum absolute atomic E-state index is 0.572. The maximum Gasteiger partial charge on any atom is 0.140 e. The minimum Gasteiger partial charge on any atom is -0.368 e. The third-order valence-corrected chi connectivity index (χ3v) is 5.83. The molecule has 2 aromatic carbocycles. The third-order valence-electron chi connectivity index (χ3n) is 5.83. The Labute approximate surface area is 160 Å². The first-order chi connectivity index (χ1) is 13.2. The molecular formula is C23H26N4. The molecule has 0 spiro atoms. The molecule has 4 nitrogen and oxygen atoms in total. The summed E-state index contributed by atoms with van der Waals surface area (Å²) in [4.78, 5) is 14.9. The summed E-state index contributed by atoms with van der Waals surface area (Å²) in [5, 5.41) is 1.20. The van der Waals surface area contributed by atoms with Gasteiger partial charge in [-0.3, -0.25) is 0 Å². The van der Waals surface area contributed by atoms with Gasteiger partial charge in [0.25, 0.3) is 0 Å². The number of benzene rings is 2. The van der Waals surface area contributed by atoms with Crippen molar-refractivity contribution in [2.24, 2.45) is 0 Å². The number of nitrogens with zero attached hydrogens (tertiary/aromatic N) is 4. The molecule has 138 valence electrons. The number of rotatable bonds is 3. The molecule has 0 unspecified atom stereocenters. The van der Waals surface area contributed by atoms with Crippen molar-refractivity contribution in [3.8, 4) is 0 Å². The number of para-hydroxylation sites is 1. The summed E-state index contributed by atoms with van der Waals surface area (Å²) in [5.74, 6) is 2.75. The van der Waals surface area contributed by atoms with Gasteiger partial charge in [0.2, 0.25) is 0 Å². The van der Waals surface area contributed by atoms with Crippen LogP contribution in [0, 0.1) is 13.8 Å². The minimum atomic E-state index is 0.572. The van der Waals surface area contributed by atoms with E-state index in [-0.39, 0.29) is 0 Å². The van der Waals surface area contributed by atoms with Crippen molar-refractivity contribution in [2.75, 3.05) is 36.0 Å². The van der Waals surface area contributed by atoms with Gasteiger partial charge in [0.15, 0.2) is 0 Å². The van der Waals surface area contributed by atoms with Gasteiger partial charge in [0.05, 0.1) is 5.52 Å². The van der Waals surface area contributed by atoms with Crippen LogP contribution in [0.15, 0.2) is 42.5 Å². The predicted octanol–water partition coefficient (Wildman–Crippen LogP) is 4.45. The molecule has 1 aliphatic heterocycles. The van der Waals surface area contributed by atoms with E-state index >= 15 is 0 Å². The fourth-order valence-electron chi connectivity index (χ4n) is 4.09. The van der Waals surface area contributed by atoms with Gasteiger partial charge >= 0.3 is 0 Å². The summed E-state index contributed by atoms with van der Waals surface area (Å²) < 4.78 is 0. The van der Waals surface area contributed by atoms with Crippen molar-refractivity contribution >= 4 is 22.4 Å². The average molecular weight is 358 g/mol. The molecule has 0 radical (unpaired) electrons. The molecular weight excluding hydrogens is 332 g/mol. The quantitative estimate of drug-likeness (QED) is 0.692. The summed E-state index contributed by atoms with van der Waals surface area (Å²) in [6.45, 7) is 8.40. The summed E-state index contributed by atoms with van der Waals surface area (Å²) in [7, 11) is 0. The highest BCUT2D eigenvalue weighted by molar-refractivity contribution is 5.90. The van der Waals surface area contributed by atoms with Crippen molar-refractivity contribution in [3.05, 3.63) is 59.4 Å². The van der Waals surface area contributed by atoms with E-state index in [9.17, 15) is 0 Å². The van der Waals surface area contributed by atoms with Crippen molar-refractivity contribution < 1.29 is 0 Å². The second kappa shape index (κ2) is 6.52. The fraction of sp³-hybridized carbons (Fsp3) is 0.391. The highest BCUT2D eigenvalue weighted by atomic mass is 15.3. The molecule has 1 aliphatic carbocycles. The van der Waals surface area contributed by atoms with E-state index in [1.165, 1.54) is 35.0 Å². The molecule has 27 heavy (non-hydrogen) atoms. The molecule has 1 saturated heterocycles. The van der Waals surface area contributed by atoms with Crippen LogP contribution < -0.4 is 9.80 Å². The zero-order chi connectivity index (χ0) is 18.4. The molecule has 0 atom stereocenters. The Hall–Kier alpha value is -2.62. The molecule has 0 amide bonds. The highest BCUT2D eigenvalue weighted by Crippen LogP contribution is 2.40. The Kier molecular flexibility index (Phi) is 4.00. The molecule has 1 saturated carbocycles. The largest absolute Gasteiger partial charge is 0.368 e. The second-order valence-electron chi connectivity index (χ2n) is 7.96. The lowest BCUT2D eigenvalue weighted by atomic mass is 10.1. The summed E-state index contributed by atoms with van der Waals surface area (Å²) in [6, 6.07) is 15.2. The first-order valence-corrected chi connectivity index (χ1v) is 10.0. The lowest BCUT2D eigenvalue weighted by Gasteiger charge is -2.37. The smallest absolute Gasteiger partial charge is 0.140 e. The summed E-state index contributed by atoms with van der Waals surface area (Å²) in [6.07, 6.45) is 2.47. The highest BCUT2D eigenvalue weighted by Gasteiger charge is 2.29. The number of aromatic nitrogens is 2. The molecule has 5 rings (SSSR count). The number of piperazine rings is 1. The first-order valence-electron chi connectivity index (χ1n) is 10.0. The van der Waals surface area contributed by atoms with Crippen LogP contribution in [0.25, 0.3) is 10.9 Å². The molecule has 2 aliphatic rings. The monoisotopic (exact) mass is 358 g/mol. The molecule has 4 heteroatoms. The predicted molar refractivity (Wildman–Crippen MR) is 112 cm³/mol. The van der Waals surface area contributed by atoms with Crippen molar-refractivity contribution in [3.63, 3.8) is 0 Å². The Bertz CT molecular complexity index is 985. The molecule has 1 aromatic heterocycles. The van der Waals surface area contributed by atoms with Crippen LogP contribution in [0.4, 0.5) is 11.5 Å². The van der Waals surface area contributed by atoms with E-state index in [0.717, 1.165) is 43.3 Å². The topological polar surface area (TPSA) is 32.3 Å². The van der Waals surface area contributed by atoms with Gasteiger partial charge < -0.3 is 9.80 Å². The summed E-state index contributed by atoms with van der Waals surface area (Å²) in [5.41, 5.74) is 5.07. The average Bonchev–Trinajstić information content (AvgIpc) is 3.53. The number of hydrogen-bond donors (Lipinski definition) is 0. The number of aryl methyl sites for hydroxylation is 2. The van der Waals surface area contributed by atoms with Crippen LogP contribution in [0.2, 0.25) is 0 Å². The van der Waals surface area contributed by atoms with E-state index in [2.05, 4.69) is 66.1 Å². The Balaban J connectivity index is 1.46. The van der Waals surface area contributed by atoms with E-state index in [1.54, 1.807) is 0 Å². The van der Waals surface area contributed by atoms with Crippen LogP contribution in [0.3, 0.4) is 0 Å². The van der Waals surface area contributed by atoms with E-state index < -0.39 is 0 Å². The SMILES string of the molecule is Cc1ccc2nc(C3CC3)nc(N3CCN(c4ccccc4C)CC3)c2c1. The molecule has 0 N–H and O–H groups in total. The zero-order valence-corrected chi connectivity index (χ0v) is 16.2. The van der Waals surface area contributed by atoms with Gasteiger partial charge in [-0.25, -0.2) is 9.97 Å². The van der Waals surface area contributed by atoms with Crippen molar-refractivity contribution in [1.82, 2.24) is 9.97 Å². The van der Waals surface area contributed by atoms with E-state index in [1.807, 2.05) is 0 Å². The Morgan fingerprint density at radius 1 is 0.852 bits per heavy atom. The van der Waals surface area contributed by atoms with Gasteiger partial charge in [-0.05, 0) is 50.5 Å².